The number of piperazine rings is 1. The van der Waals surface area contributed by atoms with Crippen molar-refractivity contribution >= 4 is 39.9 Å². The van der Waals surface area contributed by atoms with E-state index in [9.17, 15) is 14.4 Å². The molecule has 9 nitrogen and oxygen atoms in total. The van der Waals surface area contributed by atoms with Gasteiger partial charge in [0.25, 0.3) is 5.91 Å². The number of carbonyl (C=O) groups is 3. The van der Waals surface area contributed by atoms with E-state index in [0.717, 1.165) is 30.1 Å². The summed E-state index contributed by atoms with van der Waals surface area (Å²) in [5.41, 5.74) is 3.27. The van der Waals surface area contributed by atoms with Crippen molar-refractivity contribution in [1.82, 2.24) is 14.8 Å². The van der Waals surface area contributed by atoms with Gasteiger partial charge in [-0.2, -0.15) is 0 Å². The first-order valence-corrected chi connectivity index (χ1v) is 14.4. The number of amides is 3. The number of aromatic nitrogens is 1. The lowest BCUT2D eigenvalue weighted by Gasteiger charge is -2.36. The molecule has 1 fully saturated rings. The SMILES string of the molecule is COc1ccccc1N1CCN(C(=O)Cc2csc(NC(=O)CN(CC(C)C)C(=O)c3ccc(C)cc3)n2)CC1. The van der Waals surface area contributed by atoms with Crippen LogP contribution >= 0.6 is 11.3 Å². The van der Waals surface area contributed by atoms with Crippen LogP contribution in [0.3, 0.4) is 0 Å². The van der Waals surface area contributed by atoms with E-state index in [1.807, 2.05) is 62.1 Å². The van der Waals surface area contributed by atoms with E-state index in [-0.39, 0.29) is 36.6 Å². The Bertz CT molecular complexity index is 1320. The number of carbonyl (C=O) groups excluding carboxylic acids is 3. The van der Waals surface area contributed by atoms with Gasteiger partial charge in [0.05, 0.1) is 24.9 Å². The van der Waals surface area contributed by atoms with Crippen molar-refractivity contribution in [3.8, 4) is 5.75 Å². The first-order chi connectivity index (χ1) is 19.2. The van der Waals surface area contributed by atoms with Crippen molar-refractivity contribution in [3.63, 3.8) is 0 Å². The zero-order chi connectivity index (χ0) is 28.6. The number of thiazole rings is 1. The molecule has 0 spiro atoms. The predicted octanol–water partition coefficient (Wildman–Crippen LogP) is 4.09. The van der Waals surface area contributed by atoms with Gasteiger partial charge in [0.1, 0.15) is 12.3 Å². The van der Waals surface area contributed by atoms with E-state index in [0.29, 0.717) is 36.0 Å². The van der Waals surface area contributed by atoms with Crippen LogP contribution in [0.5, 0.6) is 5.75 Å². The monoisotopic (exact) mass is 563 g/mol. The molecule has 0 aliphatic carbocycles. The molecule has 0 saturated carbocycles. The number of benzene rings is 2. The molecule has 10 heteroatoms. The molecule has 0 bridgehead atoms. The average molecular weight is 564 g/mol. The summed E-state index contributed by atoms with van der Waals surface area (Å²) < 4.78 is 5.48. The fraction of sp³-hybridized carbons (Fsp3) is 0.400. The lowest BCUT2D eigenvalue weighted by atomic mass is 10.1. The Morgan fingerprint density at radius 1 is 1.05 bits per heavy atom. The van der Waals surface area contributed by atoms with E-state index < -0.39 is 0 Å². The first kappa shape index (κ1) is 29.1. The highest BCUT2D eigenvalue weighted by molar-refractivity contribution is 7.13. The molecule has 1 aliphatic heterocycles. The minimum Gasteiger partial charge on any atom is -0.495 e. The second-order valence-corrected chi connectivity index (χ2v) is 11.2. The molecule has 3 aromatic rings. The zero-order valence-electron chi connectivity index (χ0n) is 23.6. The number of ether oxygens (including phenoxy) is 1. The number of aryl methyl sites for hydroxylation is 1. The summed E-state index contributed by atoms with van der Waals surface area (Å²) in [6, 6.07) is 15.2. The molecule has 2 heterocycles. The van der Waals surface area contributed by atoms with E-state index in [1.54, 1.807) is 29.5 Å². The van der Waals surface area contributed by atoms with Crippen molar-refractivity contribution in [2.45, 2.75) is 27.2 Å². The largest absolute Gasteiger partial charge is 0.495 e. The molecule has 2 aromatic carbocycles. The third-order valence-electron chi connectivity index (χ3n) is 6.69. The summed E-state index contributed by atoms with van der Waals surface area (Å²) in [5.74, 6) is 0.540. The summed E-state index contributed by atoms with van der Waals surface area (Å²) in [6.45, 7) is 9.05. The number of rotatable bonds is 10. The number of nitrogens with zero attached hydrogens (tertiary/aromatic N) is 4. The summed E-state index contributed by atoms with van der Waals surface area (Å²) in [6.07, 6.45) is 0.173. The number of hydrogen-bond acceptors (Lipinski definition) is 7. The Morgan fingerprint density at radius 3 is 2.42 bits per heavy atom. The van der Waals surface area contributed by atoms with E-state index in [1.165, 1.54) is 11.3 Å². The van der Waals surface area contributed by atoms with Crippen LogP contribution in [0.2, 0.25) is 0 Å². The van der Waals surface area contributed by atoms with Crippen LogP contribution in [0.15, 0.2) is 53.9 Å². The third kappa shape index (κ3) is 7.59. The van der Waals surface area contributed by atoms with Crippen LogP contribution in [0, 0.1) is 12.8 Å². The molecule has 0 radical (unpaired) electrons. The molecule has 0 unspecified atom stereocenters. The van der Waals surface area contributed by atoms with Gasteiger partial charge in [-0.15, -0.1) is 11.3 Å². The number of anilines is 2. The van der Waals surface area contributed by atoms with Crippen LogP contribution in [0.4, 0.5) is 10.8 Å². The molecule has 3 amide bonds. The normalized spacial score (nSPS) is 13.3. The summed E-state index contributed by atoms with van der Waals surface area (Å²) in [4.78, 5) is 49.0. The predicted molar refractivity (Wildman–Crippen MR) is 158 cm³/mol. The molecule has 1 N–H and O–H groups in total. The highest BCUT2D eigenvalue weighted by Gasteiger charge is 2.24. The van der Waals surface area contributed by atoms with Gasteiger partial charge in [-0.25, -0.2) is 4.98 Å². The highest BCUT2D eigenvalue weighted by atomic mass is 32.1. The second kappa shape index (κ2) is 13.4. The van der Waals surface area contributed by atoms with E-state index >= 15 is 0 Å². The molecule has 0 atom stereocenters. The van der Waals surface area contributed by atoms with Crippen LogP contribution < -0.4 is 15.0 Å². The van der Waals surface area contributed by atoms with Crippen molar-refractivity contribution in [2.75, 3.05) is 56.6 Å². The highest BCUT2D eigenvalue weighted by Crippen LogP contribution is 2.28. The summed E-state index contributed by atoms with van der Waals surface area (Å²) in [5, 5.41) is 5.01. The van der Waals surface area contributed by atoms with Gasteiger partial charge in [0, 0.05) is 43.7 Å². The minimum absolute atomic E-state index is 0.00894. The van der Waals surface area contributed by atoms with E-state index in [4.69, 9.17) is 4.74 Å². The molecular weight excluding hydrogens is 526 g/mol. The van der Waals surface area contributed by atoms with Gasteiger partial charge in [0.15, 0.2) is 5.13 Å². The Labute approximate surface area is 239 Å². The van der Waals surface area contributed by atoms with Crippen LogP contribution in [-0.2, 0) is 16.0 Å². The van der Waals surface area contributed by atoms with Crippen LogP contribution in [0.1, 0.15) is 35.5 Å². The van der Waals surface area contributed by atoms with Gasteiger partial charge >= 0.3 is 0 Å². The van der Waals surface area contributed by atoms with Crippen molar-refractivity contribution < 1.29 is 19.1 Å². The molecule has 1 aliphatic rings. The van der Waals surface area contributed by atoms with Crippen molar-refractivity contribution in [3.05, 3.63) is 70.7 Å². The van der Waals surface area contributed by atoms with Gasteiger partial charge < -0.3 is 24.8 Å². The van der Waals surface area contributed by atoms with Crippen LogP contribution in [-0.4, -0.2) is 78.9 Å². The Morgan fingerprint density at radius 2 is 1.75 bits per heavy atom. The molecule has 4 rings (SSSR count). The average Bonchev–Trinajstić information content (AvgIpc) is 3.38. The van der Waals surface area contributed by atoms with Gasteiger partial charge in [-0.05, 0) is 37.1 Å². The van der Waals surface area contributed by atoms with Crippen LogP contribution in [0.25, 0.3) is 0 Å². The number of hydrogen-bond donors (Lipinski definition) is 1. The number of para-hydroxylation sites is 2. The van der Waals surface area contributed by atoms with Crippen molar-refractivity contribution in [1.29, 1.82) is 0 Å². The van der Waals surface area contributed by atoms with Gasteiger partial charge in [0.2, 0.25) is 11.8 Å². The standard InChI is InChI=1S/C30H37N5O4S/c1-21(2)18-35(29(38)23-11-9-22(3)10-12-23)19-27(36)32-30-31-24(20-40-30)17-28(37)34-15-13-33(14-16-34)25-7-5-6-8-26(25)39-4/h5-12,20-21H,13-19H2,1-4H3,(H,31,32,36). The zero-order valence-corrected chi connectivity index (χ0v) is 24.4. The Kier molecular flexibility index (Phi) is 9.76. The maximum absolute atomic E-state index is 13.1. The number of methoxy groups -OCH3 is 1. The van der Waals surface area contributed by atoms with Gasteiger partial charge in [-0.1, -0.05) is 43.7 Å². The first-order valence-electron chi connectivity index (χ1n) is 13.5. The maximum atomic E-state index is 13.1. The molecule has 40 heavy (non-hydrogen) atoms. The summed E-state index contributed by atoms with van der Waals surface area (Å²) >= 11 is 1.28. The Hall–Kier alpha value is -3.92. The molecule has 212 valence electrons. The Balaban J connectivity index is 1.29. The second-order valence-electron chi connectivity index (χ2n) is 10.4. The molecular formula is C30H37N5O4S. The van der Waals surface area contributed by atoms with E-state index in [2.05, 4.69) is 15.2 Å². The quantitative estimate of drug-likeness (QED) is 0.399. The lowest BCUT2D eigenvalue weighted by Crippen LogP contribution is -2.49. The minimum atomic E-state index is -0.319. The topological polar surface area (TPSA) is 95.1 Å². The van der Waals surface area contributed by atoms with Gasteiger partial charge in [-0.3, -0.25) is 14.4 Å². The lowest BCUT2D eigenvalue weighted by molar-refractivity contribution is -0.130. The smallest absolute Gasteiger partial charge is 0.254 e. The fourth-order valence-corrected chi connectivity index (χ4v) is 5.40. The molecule has 1 saturated heterocycles. The van der Waals surface area contributed by atoms with Crippen molar-refractivity contribution in [2.24, 2.45) is 5.92 Å². The number of nitrogens with one attached hydrogen (secondary N) is 1. The maximum Gasteiger partial charge on any atom is 0.254 e. The third-order valence-corrected chi connectivity index (χ3v) is 7.50. The summed E-state index contributed by atoms with van der Waals surface area (Å²) in [7, 11) is 1.66. The molecule has 1 aromatic heterocycles. The fourth-order valence-electron chi connectivity index (χ4n) is 4.67.